The Balaban J connectivity index is 1.26. The highest BCUT2D eigenvalue weighted by atomic mass is 16.6. The van der Waals surface area contributed by atoms with E-state index in [0.29, 0.717) is 5.56 Å². The van der Waals surface area contributed by atoms with Crippen molar-refractivity contribution in [3.63, 3.8) is 0 Å². The molecule has 0 radical (unpaired) electrons. The molecule has 0 fully saturated rings. The van der Waals surface area contributed by atoms with Crippen LogP contribution in [0.4, 0.5) is 0 Å². The number of esters is 7. The van der Waals surface area contributed by atoms with Crippen molar-refractivity contribution in [2.75, 3.05) is 0 Å². The number of carbonyl (C=O) groups is 7. The summed E-state index contributed by atoms with van der Waals surface area (Å²) in [6.45, 7) is 6.14. The second-order valence-corrected chi connectivity index (χ2v) is 11.9. The summed E-state index contributed by atoms with van der Waals surface area (Å²) in [6, 6.07) is 18.4. The van der Waals surface area contributed by atoms with Crippen molar-refractivity contribution in [3.05, 3.63) is 129 Å². The van der Waals surface area contributed by atoms with Crippen LogP contribution in [-0.4, -0.2) is 41.8 Å². The molecule has 0 bridgehead atoms. The van der Waals surface area contributed by atoms with Crippen LogP contribution in [0.5, 0.6) is 11.5 Å². The van der Waals surface area contributed by atoms with E-state index < -0.39 is 41.8 Å². The van der Waals surface area contributed by atoms with Gasteiger partial charge in [0, 0.05) is 6.07 Å². The van der Waals surface area contributed by atoms with Gasteiger partial charge >= 0.3 is 41.8 Å². The van der Waals surface area contributed by atoms with Crippen LogP contribution >= 0.6 is 0 Å². The molecule has 240 valence electrons. The largest absolute Gasteiger partial charge is 0.457 e. The van der Waals surface area contributed by atoms with Crippen LogP contribution in [0.15, 0.2) is 78.9 Å². The minimum absolute atomic E-state index is 0.00674. The van der Waals surface area contributed by atoms with Gasteiger partial charge in [0.1, 0.15) is 18.1 Å². The maximum absolute atomic E-state index is 13.2. The summed E-state index contributed by atoms with van der Waals surface area (Å²) in [5.41, 5.74) is 1.15. The SMILES string of the molecule is CC(C)(C)c1ccc(COC(=O)c2cc(OC(=O)c3ccc4c(c3)C(=O)OC4=O)cc(OC(=O)c3ccc4c(c3)C(=O)OC4=O)c2)cc1. The van der Waals surface area contributed by atoms with Crippen molar-refractivity contribution in [2.24, 2.45) is 0 Å². The van der Waals surface area contributed by atoms with Crippen molar-refractivity contribution < 1.29 is 57.2 Å². The molecule has 6 rings (SSSR count). The van der Waals surface area contributed by atoms with E-state index in [-0.39, 0.29) is 62.5 Å². The van der Waals surface area contributed by atoms with Gasteiger partial charge in [-0.3, -0.25) is 0 Å². The van der Waals surface area contributed by atoms with E-state index in [9.17, 15) is 33.6 Å². The number of rotatable bonds is 7. The summed E-state index contributed by atoms with van der Waals surface area (Å²) in [6.07, 6.45) is 0. The van der Waals surface area contributed by atoms with Gasteiger partial charge < -0.3 is 23.7 Å². The Morgan fingerprint density at radius 2 is 1.00 bits per heavy atom. The first-order valence-electron chi connectivity index (χ1n) is 14.4. The lowest BCUT2D eigenvalue weighted by Gasteiger charge is -2.19. The molecule has 0 saturated heterocycles. The van der Waals surface area contributed by atoms with Gasteiger partial charge in [-0.15, -0.1) is 0 Å². The lowest BCUT2D eigenvalue weighted by molar-refractivity contribution is 0.0425. The van der Waals surface area contributed by atoms with Gasteiger partial charge in [-0.25, -0.2) is 33.6 Å². The van der Waals surface area contributed by atoms with E-state index in [1.54, 1.807) is 0 Å². The standard InChI is InChI=1S/C36H24O12/c1-36(2,3)22-8-4-18(5-9-22)17-44-29(37)21-12-23(45-30(38)19-6-10-25-27(14-19)34(42)47-32(25)40)16-24(13-21)46-31(39)20-7-11-26-28(15-20)35(43)48-33(26)41/h4-16H,17H2,1-3H3. The fourth-order valence-electron chi connectivity index (χ4n) is 4.90. The topological polar surface area (TPSA) is 166 Å². The van der Waals surface area contributed by atoms with Gasteiger partial charge in [-0.1, -0.05) is 45.0 Å². The molecule has 0 N–H and O–H groups in total. The molecule has 0 unspecified atom stereocenters. The second-order valence-electron chi connectivity index (χ2n) is 11.9. The monoisotopic (exact) mass is 648 g/mol. The average Bonchev–Trinajstić information content (AvgIpc) is 3.51. The third-order valence-electron chi connectivity index (χ3n) is 7.49. The number of hydrogen-bond acceptors (Lipinski definition) is 12. The number of ether oxygens (including phenoxy) is 5. The third kappa shape index (κ3) is 6.31. The first-order valence-corrected chi connectivity index (χ1v) is 14.4. The van der Waals surface area contributed by atoms with Crippen molar-refractivity contribution >= 4 is 41.8 Å². The molecule has 2 aliphatic heterocycles. The van der Waals surface area contributed by atoms with E-state index in [0.717, 1.165) is 23.8 Å². The zero-order valence-electron chi connectivity index (χ0n) is 25.6. The summed E-state index contributed by atoms with van der Waals surface area (Å²) in [5.74, 6) is -6.73. The number of carbonyl (C=O) groups excluding carboxylic acids is 7. The van der Waals surface area contributed by atoms with Crippen LogP contribution in [0.2, 0.25) is 0 Å². The van der Waals surface area contributed by atoms with Crippen LogP contribution in [0.25, 0.3) is 0 Å². The zero-order valence-corrected chi connectivity index (χ0v) is 25.6. The van der Waals surface area contributed by atoms with Crippen molar-refractivity contribution in [1.29, 1.82) is 0 Å². The molecule has 0 aromatic heterocycles. The normalized spacial score (nSPS) is 13.3. The maximum Gasteiger partial charge on any atom is 0.346 e. The van der Waals surface area contributed by atoms with Crippen LogP contribution in [0, 0.1) is 0 Å². The van der Waals surface area contributed by atoms with Crippen LogP contribution in [-0.2, 0) is 26.2 Å². The van der Waals surface area contributed by atoms with Gasteiger partial charge in [0.2, 0.25) is 0 Å². The predicted molar refractivity (Wildman–Crippen MR) is 163 cm³/mol. The summed E-state index contributed by atoms with van der Waals surface area (Å²) in [4.78, 5) is 86.8. The minimum Gasteiger partial charge on any atom is -0.457 e. The fourth-order valence-corrected chi connectivity index (χ4v) is 4.90. The Labute approximate surface area is 272 Å². The highest BCUT2D eigenvalue weighted by molar-refractivity contribution is 6.16. The molecule has 48 heavy (non-hydrogen) atoms. The van der Waals surface area contributed by atoms with Gasteiger partial charge in [0.25, 0.3) is 0 Å². The van der Waals surface area contributed by atoms with Gasteiger partial charge in [0.15, 0.2) is 0 Å². The average molecular weight is 649 g/mol. The van der Waals surface area contributed by atoms with Crippen molar-refractivity contribution in [2.45, 2.75) is 32.8 Å². The number of benzene rings is 4. The highest BCUT2D eigenvalue weighted by Gasteiger charge is 2.32. The summed E-state index contributed by atoms with van der Waals surface area (Å²) < 4.78 is 25.5. The Morgan fingerprint density at radius 1 is 0.542 bits per heavy atom. The Hall–Kier alpha value is -6.43. The van der Waals surface area contributed by atoms with E-state index in [1.165, 1.54) is 36.4 Å². The lowest BCUT2D eigenvalue weighted by atomic mass is 9.87. The molecule has 12 heteroatoms. The van der Waals surface area contributed by atoms with Gasteiger partial charge in [-0.05, 0) is 65.1 Å². The molecular formula is C36H24O12. The van der Waals surface area contributed by atoms with E-state index in [4.69, 9.17) is 14.2 Å². The molecule has 4 aromatic carbocycles. The van der Waals surface area contributed by atoms with E-state index >= 15 is 0 Å². The van der Waals surface area contributed by atoms with E-state index in [2.05, 4.69) is 30.2 Å². The van der Waals surface area contributed by atoms with Crippen LogP contribution in [0.3, 0.4) is 0 Å². The molecule has 0 spiro atoms. The van der Waals surface area contributed by atoms with Crippen LogP contribution in [0.1, 0.15) is 104 Å². The van der Waals surface area contributed by atoms with Crippen LogP contribution < -0.4 is 9.47 Å². The minimum atomic E-state index is -0.964. The lowest BCUT2D eigenvalue weighted by Crippen LogP contribution is -2.13. The number of fused-ring (bicyclic) bond motifs is 2. The zero-order chi connectivity index (χ0) is 34.3. The third-order valence-corrected chi connectivity index (χ3v) is 7.49. The molecule has 0 aliphatic carbocycles. The molecule has 2 heterocycles. The van der Waals surface area contributed by atoms with Gasteiger partial charge in [-0.2, -0.15) is 0 Å². The summed E-state index contributed by atoms with van der Waals surface area (Å²) >= 11 is 0. The molecule has 0 atom stereocenters. The first kappa shape index (κ1) is 31.5. The van der Waals surface area contributed by atoms with E-state index in [1.807, 2.05) is 24.3 Å². The summed E-state index contributed by atoms with van der Waals surface area (Å²) in [5, 5.41) is 0. The molecule has 12 nitrogen and oxygen atoms in total. The van der Waals surface area contributed by atoms with Crippen molar-refractivity contribution in [3.8, 4) is 11.5 Å². The van der Waals surface area contributed by atoms with Crippen molar-refractivity contribution in [1.82, 2.24) is 0 Å². The Morgan fingerprint density at radius 3 is 1.46 bits per heavy atom. The Kier molecular flexibility index (Phi) is 7.93. The molecular weight excluding hydrogens is 624 g/mol. The fraction of sp³-hybridized carbons (Fsp3) is 0.139. The molecule has 0 saturated carbocycles. The maximum atomic E-state index is 13.2. The Bertz CT molecular complexity index is 1970. The molecule has 2 aliphatic rings. The van der Waals surface area contributed by atoms with Gasteiger partial charge in [0.05, 0.1) is 38.9 Å². The quantitative estimate of drug-likeness (QED) is 0.109. The molecule has 4 aromatic rings. The molecule has 0 amide bonds. The highest BCUT2D eigenvalue weighted by Crippen LogP contribution is 2.29. The summed E-state index contributed by atoms with van der Waals surface area (Å²) in [7, 11) is 0. The second kappa shape index (κ2) is 12.1. The first-order chi connectivity index (χ1) is 22.8. The predicted octanol–water partition coefficient (Wildman–Crippen LogP) is 5.40. The number of cyclic esters (lactones) is 4. The number of hydrogen-bond donors (Lipinski definition) is 0. The smallest absolute Gasteiger partial charge is 0.346 e.